The molecule has 1 atom stereocenters. The van der Waals surface area contributed by atoms with Gasteiger partial charge in [0.1, 0.15) is 10.5 Å². The van der Waals surface area contributed by atoms with Gasteiger partial charge in [-0.1, -0.05) is 18.2 Å². The minimum atomic E-state index is -3.62. The maximum atomic E-state index is 13.2. The van der Waals surface area contributed by atoms with Crippen molar-refractivity contribution in [2.45, 2.75) is 24.3 Å². The van der Waals surface area contributed by atoms with E-state index >= 15 is 0 Å². The van der Waals surface area contributed by atoms with E-state index in [1.54, 1.807) is 18.3 Å². The summed E-state index contributed by atoms with van der Waals surface area (Å²) in [5.41, 5.74) is 2.42. The number of aromatic amines is 1. The van der Waals surface area contributed by atoms with Crippen LogP contribution in [0.3, 0.4) is 0 Å². The number of anilines is 1. The first kappa shape index (κ1) is 13.3. The molecule has 0 saturated heterocycles. The van der Waals surface area contributed by atoms with Crippen LogP contribution in [-0.4, -0.2) is 24.4 Å². The average Bonchev–Trinajstić information content (AvgIpc) is 3.07. The molecule has 1 N–H and O–H groups in total. The summed E-state index contributed by atoms with van der Waals surface area (Å²) in [5, 5.41) is 0.624. The molecule has 0 fully saturated rings. The normalized spacial score (nSPS) is 17.9. The molecule has 0 bridgehead atoms. The highest BCUT2D eigenvalue weighted by Gasteiger charge is 2.37. The van der Waals surface area contributed by atoms with Gasteiger partial charge in [-0.15, -0.1) is 0 Å². The lowest BCUT2D eigenvalue weighted by molar-refractivity contribution is 0.585. The molecule has 1 aliphatic heterocycles. The highest BCUT2D eigenvalue weighted by Crippen LogP contribution is 2.37. The molecule has 0 aliphatic carbocycles. The van der Waals surface area contributed by atoms with Crippen molar-refractivity contribution >= 4 is 26.7 Å². The first-order chi connectivity index (χ1) is 10.6. The second kappa shape index (κ2) is 4.58. The molecule has 1 aliphatic rings. The SMILES string of the molecule is C[C@@H]1Cc2ccccc2N1S(=O)(=O)c1c[nH]c2ncccc12. The molecule has 3 aromatic rings. The van der Waals surface area contributed by atoms with Crippen LogP contribution in [0.5, 0.6) is 0 Å². The summed E-state index contributed by atoms with van der Waals surface area (Å²) in [5.74, 6) is 0. The number of fused-ring (bicyclic) bond motifs is 2. The van der Waals surface area contributed by atoms with Crippen LogP contribution >= 0.6 is 0 Å². The quantitative estimate of drug-likeness (QED) is 0.791. The van der Waals surface area contributed by atoms with E-state index in [2.05, 4.69) is 9.97 Å². The van der Waals surface area contributed by atoms with Crippen LogP contribution < -0.4 is 4.31 Å². The summed E-state index contributed by atoms with van der Waals surface area (Å²) in [6, 6.07) is 11.1. The zero-order valence-electron chi connectivity index (χ0n) is 12.0. The number of rotatable bonds is 2. The molecule has 0 unspecified atom stereocenters. The molecule has 4 rings (SSSR count). The maximum absolute atomic E-state index is 13.2. The second-order valence-electron chi connectivity index (χ2n) is 5.54. The Labute approximate surface area is 128 Å². The number of aromatic nitrogens is 2. The fraction of sp³-hybridized carbons (Fsp3) is 0.188. The number of H-pyrrole nitrogens is 1. The van der Waals surface area contributed by atoms with Crippen molar-refractivity contribution in [2.75, 3.05) is 4.31 Å². The molecule has 0 amide bonds. The molecule has 112 valence electrons. The van der Waals surface area contributed by atoms with Crippen molar-refractivity contribution in [1.82, 2.24) is 9.97 Å². The Bertz CT molecular complexity index is 962. The van der Waals surface area contributed by atoms with Crippen molar-refractivity contribution in [2.24, 2.45) is 0 Å². The number of nitrogens with zero attached hydrogens (tertiary/aromatic N) is 2. The lowest BCUT2D eigenvalue weighted by Crippen LogP contribution is -2.35. The fourth-order valence-corrected chi connectivity index (χ4v) is 5.00. The highest BCUT2D eigenvalue weighted by atomic mass is 32.2. The minimum absolute atomic E-state index is 0.0935. The third-order valence-corrected chi connectivity index (χ3v) is 6.06. The van der Waals surface area contributed by atoms with E-state index in [4.69, 9.17) is 0 Å². The van der Waals surface area contributed by atoms with Crippen LogP contribution in [0.25, 0.3) is 11.0 Å². The van der Waals surface area contributed by atoms with Gasteiger partial charge in [0.2, 0.25) is 0 Å². The van der Waals surface area contributed by atoms with Crippen molar-refractivity contribution in [1.29, 1.82) is 0 Å². The molecule has 0 radical (unpaired) electrons. The fourth-order valence-electron chi connectivity index (χ4n) is 3.15. The molecule has 2 aromatic heterocycles. The van der Waals surface area contributed by atoms with Crippen molar-refractivity contribution in [3.05, 3.63) is 54.4 Å². The predicted octanol–water partition coefficient (Wildman–Crippen LogP) is 2.70. The van der Waals surface area contributed by atoms with Crippen molar-refractivity contribution in [3.63, 3.8) is 0 Å². The molecule has 0 saturated carbocycles. The van der Waals surface area contributed by atoms with Gasteiger partial charge in [-0.05, 0) is 37.1 Å². The molecular formula is C16H15N3O2S. The van der Waals surface area contributed by atoms with Gasteiger partial charge >= 0.3 is 0 Å². The number of pyridine rings is 1. The third kappa shape index (κ3) is 1.77. The molecule has 1 aromatic carbocycles. The Kier molecular flexibility index (Phi) is 2.77. The third-order valence-electron chi connectivity index (χ3n) is 4.09. The first-order valence-corrected chi connectivity index (χ1v) is 8.57. The zero-order valence-corrected chi connectivity index (χ0v) is 12.8. The number of benzene rings is 1. The van der Waals surface area contributed by atoms with Gasteiger partial charge in [-0.25, -0.2) is 13.4 Å². The standard InChI is InChI=1S/C16H15N3O2S/c1-11-9-12-5-2-3-7-14(12)19(11)22(20,21)15-10-18-16-13(15)6-4-8-17-16/h2-8,10-11H,9H2,1H3,(H,17,18)/t11-/m1/s1. The monoisotopic (exact) mass is 313 g/mol. The van der Waals surface area contributed by atoms with E-state index in [-0.39, 0.29) is 10.9 Å². The molecule has 22 heavy (non-hydrogen) atoms. The topological polar surface area (TPSA) is 66.1 Å². The molecule has 3 heterocycles. The minimum Gasteiger partial charge on any atom is -0.345 e. The first-order valence-electron chi connectivity index (χ1n) is 7.13. The summed E-state index contributed by atoms with van der Waals surface area (Å²) in [6.07, 6.45) is 3.90. The van der Waals surface area contributed by atoms with Crippen LogP contribution in [-0.2, 0) is 16.4 Å². The molecular weight excluding hydrogens is 298 g/mol. The summed E-state index contributed by atoms with van der Waals surface area (Å²) >= 11 is 0. The Balaban J connectivity index is 1.92. The van der Waals surface area contributed by atoms with Crippen LogP contribution in [0.4, 0.5) is 5.69 Å². The molecule has 5 nitrogen and oxygen atoms in total. The Hall–Kier alpha value is -2.34. The lowest BCUT2D eigenvalue weighted by atomic mass is 10.1. The van der Waals surface area contributed by atoms with Gasteiger partial charge in [0.05, 0.1) is 5.69 Å². The van der Waals surface area contributed by atoms with E-state index in [9.17, 15) is 8.42 Å². The number of hydrogen-bond donors (Lipinski definition) is 1. The van der Waals surface area contributed by atoms with Crippen molar-refractivity contribution < 1.29 is 8.42 Å². The highest BCUT2D eigenvalue weighted by molar-refractivity contribution is 7.93. The lowest BCUT2D eigenvalue weighted by Gasteiger charge is -2.24. The second-order valence-corrected chi connectivity index (χ2v) is 7.32. The van der Waals surface area contributed by atoms with Gasteiger partial charge in [0, 0.05) is 23.8 Å². The number of sulfonamides is 1. The van der Waals surface area contributed by atoms with Gasteiger partial charge in [-0.2, -0.15) is 0 Å². The van der Waals surface area contributed by atoms with Gasteiger partial charge < -0.3 is 4.98 Å². The molecule has 6 heteroatoms. The van der Waals surface area contributed by atoms with Gasteiger partial charge in [0.15, 0.2) is 0 Å². The summed E-state index contributed by atoms with van der Waals surface area (Å²) < 4.78 is 27.8. The summed E-state index contributed by atoms with van der Waals surface area (Å²) in [6.45, 7) is 1.94. The number of nitrogens with one attached hydrogen (secondary N) is 1. The number of para-hydroxylation sites is 1. The predicted molar refractivity (Wildman–Crippen MR) is 85.4 cm³/mol. The number of hydrogen-bond acceptors (Lipinski definition) is 3. The largest absolute Gasteiger partial charge is 0.345 e. The van der Waals surface area contributed by atoms with Gasteiger partial charge in [-0.3, -0.25) is 4.31 Å². The molecule has 0 spiro atoms. The van der Waals surface area contributed by atoms with E-state index in [0.717, 1.165) is 17.7 Å². The van der Waals surface area contributed by atoms with E-state index in [0.29, 0.717) is 11.0 Å². The zero-order chi connectivity index (χ0) is 15.3. The average molecular weight is 313 g/mol. The van der Waals surface area contributed by atoms with Gasteiger partial charge in [0.25, 0.3) is 10.0 Å². The van der Waals surface area contributed by atoms with E-state index < -0.39 is 10.0 Å². The summed E-state index contributed by atoms with van der Waals surface area (Å²) in [4.78, 5) is 7.38. The Morgan fingerprint density at radius 1 is 1.23 bits per heavy atom. The Morgan fingerprint density at radius 2 is 2.05 bits per heavy atom. The van der Waals surface area contributed by atoms with Crippen LogP contribution in [0.2, 0.25) is 0 Å². The van der Waals surface area contributed by atoms with E-state index in [1.165, 1.54) is 10.5 Å². The van der Waals surface area contributed by atoms with Crippen LogP contribution in [0.1, 0.15) is 12.5 Å². The van der Waals surface area contributed by atoms with E-state index in [1.807, 2.05) is 31.2 Å². The maximum Gasteiger partial charge on any atom is 0.266 e. The smallest absolute Gasteiger partial charge is 0.266 e. The summed E-state index contributed by atoms with van der Waals surface area (Å²) in [7, 11) is -3.62. The van der Waals surface area contributed by atoms with Crippen LogP contribution in [0.15, 0.2) is 53.7 Å². The van der Waals surface area contributed by atoms with Crippen LogP contribution in [0, 0.1) is 0 Å². The Morgan fingerprint density at radius 3 is 2.91 bits per heavy atom. The van der Waals surface area contributed by atoms with Crippen molar-refractivity contribution in [3.8, 4) is 0 Å².